The highest BCUT2D eigenvalue weighted by molar-refractivity contribution is 5.74. The van der Waals surface area contributed by atoms with Gasteiger partial charge >= 0.3 is 6.03 Å². The molecule has 0 bridgehead atoms. The van der Waals surface area contributed by atoms with Crippen molar-refractivity contribution in [3.05, 3.63) is 60.2 Å². The van der Waals surface area contributed by atoms with Crippen molar-refractivity contribution in [1.82, 2.24) is 15.7 Å². The van der Waals surface area contributed by atoms with E-state index in [1.54, 1.807) is 5.48 Å². The number of rotatable bonds is 8. The highest BCUT2D eigenvalue weighted by Gasteiger charge is 2.22. The van der Waals surface area contributed by atoms with Gasteiger partial charge in [0.05, 0.1) is 0 Å². The maximum absolute atomic E-state index is 12.4. The van der Waals surface area contributed by atoms with Gasteiger partial charge in [-0.1, -0.05) is 30.3 Å². The van der Waals surface area contributed by atoms with Crippen molar-refractivity contribution in [2.45, 2.75) is 38.6 Å². The topological polar surface area (TPSA) is 90.9 Å². The average molecular weight is 412 g/mol. The van der Waals surface area contributed by atoms with Gasteiger partial charge in [0.1, 0.15) is 11.5 Å². The van der Waals surface area contributed by atoms with E-state index < -0.39 is 0 Å². The van der Waals surface area contributed by atoms with E-state index >= 15 is 0 Å². The fraction of sp³-hybridized carbons (Fsp3) is 0.391. The largest absolute Gasteiger partial charge is 0.457 e. The predicted octanol–water partition coefficient (Wildman–Crippen LogP) is 4.08. The monoisotopic (exact) mass is 411 g/mol. The van der Waals surface area contributed by atoms with Gasteiger partial charge < -0.3 is 15.0 Å². The lowest BCUT2D eigenvalue weighted by Gasteiger charge is -2.32. The minimum atomic E-state index is -0.341. The van der Waals surface area contributed by atoms with Gasteiger partial charge in [0.2, 0.25) is 5.91 Å². The molecule has 3 rings (SSSR count). The van der Waals surface area contributed by atoms with Crippen molar-refractivity contribution in [2.75, 3.05) is 13.1 Å². The third kappa shape index (κ3) is 6.77. The molecule has 2 aromatic carbocycles. The minimum absolute atomic E-state index is 0.0438. The van der Waals surface area contributed by atoms with Crippen LogP contribution in [-0.2, 0) is 11.3 Å². The van der Waals surface area contributed by atoms with Gasteiger partial charge in [0.25, 0.3) is 0 Å². The van der Waals surface area contributed by atoms with Crippen molar-refractivity contribution in [3.8, 4) is 11.5 Å². The van der Waals surface area contributed by atoms with Gasteiger partial charge in [-0.15, -0.1) is 0 Å². The second kappa shape index (κ2) is 11.2. The standard InChI is InChI=1S/C23H29N3O4/c27-22(25-29)8-4-5-18-13-15-26(16-14-18)23(28)24-17-19-9-11-21(12-10-19)30-20-6-2-1-3-7-20/h1-3,6-7,9-12,18,29H,4-5,8,13-17H2,(H,24,28)(H,25,27). The Kier molecular flexibility index (Phi) is 8.09. The summed E-state index contributed by atoms with van der Waals surface area (Å²) in [6.07, 6.45) is 3.93. The molecule has 0 radical (unpaired) electrons. The second-order valence-corrected chi connectivity index (χ2v) is 7.58. The van der Waals surface area contributed by atoms with Crippen LogP contribution in [0.4, 0.5) is 4.79 Å². The zero-order chi connectivity index (χ0) is 21.2. The van der Waals surface area contributed by atoms with Crippen LogP contribution in [0.5, 0.6) is 11.5 Å². The lowest BCUT2D eigenvalue weighted by molar-refractivity contribution is -0.129. The quantitative estimate of drug-likeness (QED) is 0.451. The first-order chi connectivity index (χ1) is 14.6. The number of nitrogens with one attached hydrogen (secondary N) is 2. The predicted molar refractivity (Wildman–Crippen MR) is 113 cm³/mol. The molecule has 3 amide bonds. The Balaban J connectivity index is 1.36. The van der Waals surface area contributed by atoms with E-state index in [9.17, 15) is 9.59 Å². The molecule has 0 aliphatic carbocycles. The Morgan fingerprint density at radius 3 is 2.33 bits per heavy atom. The maximum atomic E-state index is 12.4. The molecule has 1 fully saturated rings. The van der Waals surface area contributed by atoms with E-state index in [1.165, 1.54) is 0 Å². The molecule has 0 unspecified atom stereocenters. The van der Waals surface area contributed by atoms with E-state index in [4.69, 9.17) is 9.94 Å². The summed E-state index contributed by atoms with van der Waals surface area (Å²) in [7, 11) is 0. The highest BCUT2D eigenvalue weighted by Crippen LogP contribution is 2.23. The molecule has 0 spiro atoms. The van der Waals surface area contributed by atoms with Crippen LogP contribution in [0.2, 0.25) is 0 Å². The number of urea groups is 1. The maximum Gasteiger partial charge on any atom is 0.317 e. The Morgan fingerprint density at radius 1 is 1.00 bits per heavy atom. The number of hydroxylamine groups is 1. The summed E-state index contributed by atoms with van der Waals surface area (Å²) in [5.41, 5.74) is 2.67. The van der Waals surface area contributed by atoms with Gasteiger partial charge in [0, 0.05) is 26.1 Å². The SMILES string of the molecule is O=C(CCCC1CCN(C(=O)NCc2ccc(Oc3ccccc3)cc2)CC1)NO. The van der Waals surface area contributed by atoms with E-state index in [0.29, 0.717) is 18.9 Å². The summed E-state index contributed by atoms with van der Waals surface area (Å²) >= 11 is 0. The molecule has 0 saturated carbocycles. The molecule has 1 aliphatic rings. The van der Waals surface area contributed by atoms with Crippen LogP contribution in [0.15, 0.2) is 54.6 Å². The van der Waals surface area contributed by atoms with E-state index in [1.807, 2.05) is 59.5 Å². The molecule has 1 saturated heterocycles. The highest BCUT2D eigenvalue weighted by atomic mass is 16.5. The normalized spacial score (nSPS) is 14.2. The molecule has 7 heteroatoms. The van der Waals surface area contributed by atoms with E-state index in [2.05, 4.69) is 5.32 Å². The third-order valence-corrected chi connectivity index (χ3v) is 5.39. The fourth-order valence-electron chi connectivity index (χ4n) is 3.62. The molecule has 160 valence electrons. The summed E-state index contributed by atoms with van der Waals surface area (Å²) in [5, 5.41) is 11.5. The Hall–Kier alpha value is -3.06. The van der Waals surface area contributed by atoms with Crippen molar-refractivity contribution in [3.63, 3.8) is 0 Å². The van der Waals surface area contributed by atoms with Crippen LogP contribution in [0.3, 0.4) is 0 Å². The smallest absolute Gasteiger partial charge is 0.317 e. The number of nitrogens with zero attached hydrogens (tertiary/aromatic N) is 1. The number of ether oxygens (including phenoxy) is 1. The second-order valence-electron chi connectivity index (χ2n) is 7.58. The fourth-order valence-corrected chi connectivity index (χ4v) is 3.62. The van der Waals surface area contributed by atoms with Crippen molar-refractivity contribution < 1.29 is 19.5 Å². The molecule has 1 aliphatic heterocycles. The molecular weight excluding hydrogens is 382 g/mol. The van der Waals surface area contributed by atoms with Gasteiger partial charge in [-0.25, -0.2) is 10.3 Å². The summed E-state index contributed by atoms with van der Waals surface area (Å²) in [4.78, 5) is 25.3. The van der Waals surface area contributed by atoms with Crippen molar-refractivity contribution in [2.24, 2.45) is 5.92 Å². The van der Waals surface area contributed by atoms with Crippen LogP contribution in [0.25, 0.3) is 0 Å². The van der Waals surface area contributed by atoms with Crippen LogP contribution in [0, 0.1) is 5.92 Å². The summed E-state index contributed by atoms with van der Waals surface area (Å²) in [6, 6.07) is 17.3. The number of likely N-dealkylation sites (tertiary alicyclic amines) is 1. The lowest BCUT2D eigenvalue weighted by atomic mass is 9.91. The van der Waals surface area contributed by atoms with Crippen LogP contribution in [-0.4, -0.2) is 35.1 Å². The molecule has 0 atom stereocenters. The van der Waals surface area contributed by atoms with Crippen LogP contribution in [0.1, 0.15) is 37.7 Å². The number of carbonyl (C=O) groups is 2. The molecule has 0 aromatic heterocycles. The van der Waals surface area contributed by atoms with Gasteiger partial charge in [0.15, 0.2) is 0 Å². The Morgan fingerprint density at radius 2 is 1.67 bits per heavy atom. The number of benzene rings is 2. The lowest BCUT2D eigenvalue weighted by Crippen LogP contribution is -2.44. The molecule has 2 aromatic rings. The van der Waals surface area contributed by atoms with Gasteiger partial charge in [-0.05, 0) is 61.4 Å². The zero-order valence-electron chi connectivity index (χ0n) is 17.0. The number of amides is 3. The zero-order valence-corrected chi connectivity index (χ0v) is 17.0. The summed E-state index contributed by atoms with van der Waals surface area (Å²) in [6.45, 7) is 1.93. The van der Waals surface area contributed by atoms with Crippen molar-refractivity contribution >= 4 is 11.9 Å². The third-order valence-electron chi connectivity index (χ3n) is 5.39. The number of hydrogen-bond donors (Lipinski definition) is 3. The number of para-hydroxylation sites is 1. The van der Waals surface area contributed by atoms with E-state index in [0.717, 1.165) is 55.8 Å². The average Bonchev–Trinajstić information content (AvgIpc) is 2.79. The molecule has 1 heterocycles. The number of piperidine rings is 1. The molecular formula is C23H29N3O4. The first-order valence-corrected chi connectivity index (χ1v) is 10.4. The molecule has 7 nitrogen and oxygen atoms in total. The van der Waals surface area contributed by atoms with Gasteiger partial charge in [-0.3, -0.25) is 10.0 Å². The summed E-state index contributed by atoms with van der Waals surface area (Å²) < 4.78 is 5.78. The molecule has 3 N–H and O–H groups in total. The van der Waals surface area contributed by atoms with Crippen LogP contribution < -0.4 is 15.5 Å². The van der Waals surface area contributed by atoms with Gasteiger partial charge in [-0.2, -0.15) is 0 Å². The number of hydrogen-bond acceptors (Lipinski definition) is 4. The summed E-state index contributed by atoms with van der Waals surface area (Å²) in [5.74, 6) is 1.73. The van der Waals surface area contributed by atoms with Crippen molar-refractivity contribution in [1.29, 1.82) is 0 Å². The first-order valence-electron chi connectivity index (χ1n) is 10.4. The molecule has 30 heavy (non-hydrogen) atoms. The Bertz CT molecular complexity index is 803. The van der Waals surface area contributed by atoms with E-state index in [-0.39, 0.29) is 11.9 Å². The minimum Gasteiger partial charge on any atom is -0.457 e. The first kappa shape index (κ1) is 21.6. The van der Waals surface area contributed by atoms with Crippen LogP contribution >= 0.6 is 0 Å². The number of carbonyl (C=O) groups excluding carboxylic acids is 2. The Labute approximate surface area is 177 Å².